The molecular formula is C17H16F4N6O3S. The molecule has 3 aromatic rings. The zero-order chi connectivity index (χ0) is 22.6. The Kier molecular flexibility index (Phi) is 5.00. The quantitative estimate of drug-likeness (QED) is 0.594. The van der Waals surface area contributed by atoms with Crippen LogP contribution in [0.25, 0.3) is 16.7 Å². The van der Waals surface area contributed by atoms with Gasteiger partial charge in [-0.2, -0.15) is 22.6 Å². The molecular weight excluding hydrogens is 444 g/mol. The second-order valence-corrected chi connectivity index (χ2v) is 8.95. The van der Waals surface area contributed by atoms with Crippen molar-refractivity contribution in [1.29, 1.82) is 0 Å². The van der Waals surface area contributed by atoms with Crippen molar-refractivity contribution in [2.45, 2.75) is 6.18 Å². The average molecular weight is 460 g/mol. The number of halogens is 4. The van der Waals surface area contributed by atoms with Crippen molar-refractivity contribution >= 4 is 27.0 Å². The number of rotatable bonds is 3. The lowest BCUT2D eigenvalue weighted by Gasteiger charge is -2.33. The molecule has 3 heterocycles. The standard InChI is InChI=1S/C17H16F4N6O3S/c1-31(29,30)26-4-2-25(3-5-26)16-22-9-13-12(24-16)8-23-27(13)10-6-11(17(19,20)21)15(18)14(28)7-10/h6-9,28H,2-5H2,1H3. The van der Waals surface area contributed by atoms with Gasteiger partial charge in [-0.3, -0.25) is 0 Å². The molecule has 14 heteroatoms. The van der Waals surface area contributed by atoms with Gasteiger partial charge in [0.15, 0.2) is 11.6 Å². The summed E-state index contributed by atoms with van der Waals surface area (Å²) in [6, 6.07) is 1.37. The minimum absolute atomic E-state index is 0.209. The van der Waals surface area contributed by atoms with Crippen LogP contribution in [0.5, 0.6) is 5.75 Å². The number of alkyl halides is 3. The monoisotopic (exact) mass is 460 g/mol. The number of phenols is 1. The van der Waals surface area contributed by atoms with Crippen molar-refractivity contribution in [2.24, 2.45) is 0 Å². The Labute approximate surface area is 173 Å². The highest BCUT2D eigenvalue weighted by atomic mass is 32.2. The number of piperazine rings is 1. The Hall–Kier alpha value is -3.00. The summed E-state index contributed by atoms with van der Waals surface area (Å²) in [5, 5.41) is 13.6. The van der Waals surface area contributed by atoms with Crippen LogP contribution in [0, 0.1) is 5.82 Å². The lowest BCUT2D eigenvalue weighted by molar-refractivity contribution is -0.140. The summed E-state index contributed by atoms with van der Waals surface area (Å²) in [5.41, 5.74) is -1.27. The molecule has 0 saturated carbocycles. The number of hydrogen-bond acceptors (Lipinski definition) is 7. The van der Waals surface area contributed by atoms with E-state index in [2.05, 4.69) is 15.1 Å². The first kappa shape index (κ1) is 21.2. The van der Waals surface area contributed by atoms with E-state index >= 15 is 0 Å². The molecule has 1 fully saturated rings. The van der Waals surface area contributed by atoms with E-state index in [1.54, 1.807) is 4.90 Å². The topological polar surface area (TPSA) is 104 Å². The van der Waals surface area contributed by atoms with Crippen LogP contribution in [0.1, 0.15) is 5.56 Å². The molecule has 0 unspecified atom stereocenters. The molecule has 0 bridgehead atoms. The summed E-state index contributed by atoms with van der Waals surface area (Å²) in [6.07, 6.45) is -1.21. The fourth-order valence-corrected chi connectivity index (χ4v) is 4.14. The van der Waals surface area contributed by atoms with Crippen LogP contribution in [0.3, 0.4) is 0 Å². The van der Waals surface area contributed by atoms with Crippen molar-refractivity contribution in [1.82, 2.24) is 24.1 Å². The number of aromatic nitrogens is 4. The summed E-state index contributed by atoms with van der Waals surface area (Å²) >= 11 is 0. The largest absolute Gasteiger partial charge is 0.505 e. The third kappa shape index (κ3) is 3.99. The molecule has 9 nitrogen and oxygen atoms in total. The molecule has 0 aliphatic carbocycles. The maximum absolute atomic E-state index is 13.7. The predicted octanol–water partition coefficient (Wildman–Crippen LogP) is 1.76. The van der Waals surface area contributed by atoms with Gasteiger partial charge in [0, 0.05) is 32.2 Å². The zero-order valence-corrected chi connectivity index (χ0v) is 16.8. The highest BCUT2D eigenvalue weighted by Crippen LogP contribution is 2.36. The maximum atomic E-state index is 13.7. The molecule has 1 N–H and O–H groups in total. The maximum Gasteiger partial charge on any atom is 0.419 e. The molecule has 0 radical (unpaired) electrons. The molecule has 1 aliphatic heterocycles. The van der Waals surface area contributed by atoms with Crippen molar-refractivity contribution in [3.05, 3.63) is 35.9 Å². The molecule has 4 rings (SSSR count). The van der Waals surface area contributed by atoms with Gasteiger partial charge in [-0.25, -0.2) is 27.5 Å². The molecule has 1 aromatic carbocycles. The van der Waals surface area contributed by atoms with E-state index in [9.17, 15) is 31.1 Å². The molecule has 1 saturated heterocycles. The van der Waals surface area contributed by atoms with Gasteiger partial charge in [0.05, 0.1) is 29.9 Å². The van der Waals surface area contributed by atoms with Crippen molar-refractivity contribution in [2.75, 3.05) is 37.3 Å². The molecule has 166 valence electrons. The number of hydrogen-bond donors (Lipinski definition) is 1. The third-order valence-corrected chi connectivity index (χ3v) is 6.19. The number of nitrogens with zero attached hydrogens (tertiary/aromatic N) is 6. The van der Waals surface area contributed by atoms with Gasteiger partial charge in [-0.1, -0.05) is 0 Å². The normalized spacial score (nSPS) is 16.2. The third-order valence-electron chi connectivity index (χ3n) is 4.89. The van der Waals surface area contributed by atoms with Crippen LogP contribution in [-0.2, 0) is 16.2 Å². The van der Waals surface area contributed by atoms with E-state index in [4.69, 9.17) is 0 Å². The van der Waals surface area contributed by atoms with Gasteiger partial charge in [0.1, 0.15) is 11.0 Å². The van der Waals surface area contributed by atoms with E-state index in [1.807, 2.05) is 0 Å². The molecule has 1 aliphatic rings. The summed E-state index contributed by atoms with van der Waals surface area (Å²) in [4.78, 5) is 10.3. The number of aromatic hydroxyl groups is 1. The van der Waals surface area contributed by atoms with E-state index in [-0.39, 0.29) is 24.3 Å². The minimum Gasteiger partial charge on any atom is -0.505 e. The second-order valence-electron chi connectivity index (χ2n) is 6.97. The number of fused-ring (bicyclic) bond motifs is 1. The Balaban J connectivity index is 1.66. The number of benzene rings is 1. The summed E-state index contributed by atoms with van der Waals surface area (Å²) < 4.78 is 78.6. The first-order chi connectivity index (χ1) is 14.4. The highest BCUT2D eigenvalue weighted by Gasteiger charge is 2.36. The van der Waals surface area contributed by atoms with Crippen molar-refractivity contribution in [3.63, 3.8) is 0 Å². The van der Waals surface area contributed by atoms with Crippen molar-refractivity contribution < 1.29 is 31.1 Å². The second kappa shape index (κ2) is 7.30. The zero-order valence-electron chi connectivity index (χ0n) is 16.0. The number of anilines is 1. The Morgan fingerprint density at radius 1 is 1.10 bits per heavy atom. The number of phenolic OH excluding ortho intramolecular Hbond substituents is 1. The molecule has 2 aromatic heterocycles. The van der Waals surface area contributed by atoms with Crippen LogP contribution in [0.4, 0.5) is 23.5 Å². The van der Waals surface area contributed by atoms with E-state index in [0.29, 0.717) is 30.6 Å². The van der Waals surface area contributed by atoms with Crippen LogP contribution >= 0.6 is 0 Å². The fraction of sp³-hybridized carbons (Fsp3) is 0.353. The molecule has 0 atom stereocenters. The molecule has 31 heavy (non-hydrogen) atoms. The Bertz CT molecular complexity index is 1250. The minimum atomic E-state index is -5.00. The molecule has 0 amide bonds. The van der Waals surface area contributed by atoms with E-state index in [0.717, 1.165) is 17.0 Å². The van der Waals surface area contributed by atoms with Crippen LogP contribution in [0.15, 0.2) is 24.5 Å². The average Bonchev–Trinajstić information content (AvgIpc) is 3.11. The van der Waals surface area contributed by atoms with Gasteiger partial charge in [0.2, 0.25) is 16.0 Å². The summed E-state index contributed by atoms with van der Waals surface area (Å²) in [5.74, 6) is -2.60. The van der Waals surface area contributed by atoms with Crippen molar-refractivity contribution in [3.8, 4) is 11.4 Å². The van der Waals surface area contributed by atoms with Gasteiger partial charge >= 0.3 is 6.18 Å². The van der Waals surface area contributed by atoms with Crippen LogP contribution < -0.4 is 4.90 Å². The lowest BCUT2D eigenvalue weighted by Crippen LogP contribution is -2.48. The predicted molar refractivity (Wildman–Crippen MR) is 102 cm³/mol. The van der Waals surface area contributed by atoms with Gasteiger partial charge in [-0.05, 0) is 6.07 Å². The smallest absolute Gasteiger partial charge is 0.419 e. The van der Waals surface area contributed by atoms with E-state index < -0.39 is 33.3 Å². The van der Waals surface area contributed by atoms with Gasteiger partial charge in [0.25, 0.3) is 0 Å². The lowest BCUT2D eigenvalue weighted by atomic mass is 10.1. The van der Waals surface area contributed by atoms with Gasteiger partial charge < -0.3 is 10.0 Å². The van der Waals surface area contributed by atoms with Crippen LogP contribution in [0.2, 0.25) is 0 Å². The van der Waals surface area contributed by atoms with Gasteiger partial charge in [-0.15, -0.1) is 0 Å². The number of sulfonamides is 1. The summed E-state index contributed by atoms with van der Waals surface area (Å²) in [6.45, 7) is 1.28. The Morgan fingerprint density at radius 2 is 1.77 bits per heavy atom. The first-order valence-electron chi connectivity index (χ1n) is 8.96. The Morgan fingerprint density at radius 3 is 2.39 bits per heavy atom. The molecule has 0 spiro atoms. The van der Waals surface area contributed by atoms with E-state index in [1.165, 1.54) is 16.7 Å². The first-order valence-corrected chi connectivity index (χ1v) is 10.8. The van der Waals surface area contributed by atoms with Crippen LogP contribution in [-0.4, -0.2) is 70.0 Å². The SMILES string of the molecule is CS(=O)(=O)N1CCN(c2ncc3c(cnn3-c3cc(O)c(F)c(C(F)(F)F)c3)n2)CC1. The fourth-order valence-electron chi connectivity index (χ4n) is 3.31. The highest BCUT2D eigenvalue weighted by molar-refractivity contribution is 7.88. The summed E-state index contributed by atoms with van der Waals surface area (Å²) in [7, 11) is -3.29.